The summed E-state index contributed by atoms with van der Waals surface area (Å²) in [7, 11) is -3.84. The Bertz CT molecular complexity index is 1160. The van der Waals surface area contributed by atoms with Gasteiger partial charge in [0, 0.05) is 11.3 Å². The number of Topliss-reactive ketones (excluding diaryl/α,β-unsaturated/α-hetero) is 1. The van der Waals surface area contributed by atoms with Gasteiger partial charge >= 0.3 is 0 Å². The Morgan fingerprint density at radius 2 is 1.67 bits per heavy atom. The van der Waals surface area contributed by atoms with Gasteiger partial charge in [0.05, 0.1) is 10.4 Å². The molecule has 2 aliphatic carbocycles. The van der Waals surface area contributed by atoms with Crippen LogP contribution in [-0.2, 0) is 10.0 Å². The zero-order valence-electron chi connectivity index (χ0n) is 15.1. The first-order chi connectivity index (χ1) is 13.0. The fraction of sp³-hybridized carbons (Fsp3) is 0.318. The summed E-state index contributed by atoms with van der Waals surface area (Å²) >= 11 is 0. The van der Waals surface area contributed by atoms with Crippen LogP contribution in [0.2, 0.25) is 0 Å². The molecule has 3 atom stereocenters. The Morgan fingerprint density at radius 3 is 2.44 bits per heavy atom. The lowest BCUT2D eigenvalue weighted by atomic mass is 9.72. The topological polar surface area (TPSA) is 56.1 Å². The molecule has 1 fully saturated rings. The number of benzene rings is 2. The Labute approximate surface area is 158 Å². The van der Waals surface area contributed by atoms with Crippen LogP contribution in [0.1, 0.15) is 48.2 Å². The van der Waals surface area contributed by atoms with Crippen LogP contribution in [0.25, 0.3) is 10.9 Å². The molecule has 0 bridgehead atoms. The third-order valence-electron chi connectivity index (χ3n) is 6.28. The molecular weight excluding hydrogens is 358 g/mol. The highest BCUT2D eigenvalue weighted by atomic mass is 32.2. The van der Waals surface area contributed by atoms with E-state index in [-0.39, 0.29) is 28.4 Å². The SMILES string of the molecule is C[C@H]1CCC[C@H]2c3c(n(S(=O)(=O)c4ccccc4)c4ccccc34)C(=O)[C@@H]12. The van der Waals surface area contributed by atoms with E-state index in [0.29, 0.717) is 11.2 Å². The van der Waals surface area contributed by atoms with E-state index in [2.05, 4.69) is 6.92 Å². The molecule has 0 N–H and O–H groups in total. The van der Waals surface area contributed by atoms with Crippen LogP contribution in [0.5, 0.6) is 0 Å². The van der Waals surface area contributed by atoms with Crippen LogP contribution < -0.4 is 0 Å². The minimum absolute atomic E-state index is 0.00194. The fourth-order valence-corrected chi connectivity index (χ4v) is 6.69. The molecule has 0 saturated heterocycles. The normalized spacial score (nSPS) is 24.8. The van der Waals surface area contributed by atoms with Gasteiger partial charge in [0.25, 0.3) is 10.0 Å². The second kappa shape index (κ2) is 5.80. The van der Waals surface area contributed by atoms with E-state index < -0.39 is 10.0 Å². The molecule has 5 heteroatoms. The molecule has 0 aliphatic heterocycles. The van der Waals surface area contributed by atoms with E-state index in [1.807, 2.05) is 24.3 Å². The number of rotatable bonds is 2. The van der Waals surface area contributed by atoms with E-state index >= 15 is 0 Å². The van der Waals surface area contributed by atoms with Crippen LogP contribution in [0.15, 0.2) is 59.5 Å². The average molecular weight is 379 g/mol. The van der Waals surface area contributed by atoms with Crippen molar-refractivity contribution in [2.75, 3.05) is 0 Å². The van der Waals surface area contributed by atoms with Gasteiger partial charge in [0.1, 0.15) is 5.69 Å². The number of nitrogens with zero attached hydrogens (tertiary/aromatic N) is 1. The number of hydrogen-bond acceptors (Lipinski definition) is 3. The van der Waals surface area contributed by atoms with E-state index in [0.717, 1.165) is 30.2 Å². The smallest absolute Gasteiger partial charge is 0.268 e. The van der Waals surface area contributed by atoms with Gasteiger partial charge < -0.3 is 0 Å². The zero-order valence-corrected chi connectivity index (χ0v) is 15.9. The summed E-state index contributed by atoms with van der Waals surface area (Å²) in [6.45, 7) is 2.12. The lowest BCUT2D eigenvalue weighted by molar-refractivity contribution is 0.0837. The van der Waals surface area contributed by atoms with Gasteiger partial charge in [-0.2, -0.15) is 0 Å². The number of fused-ring (bicyclic) bond motifs is 5. The largest absolute Gasteiger partial charge is 0.292 e. The molecule has 2 aromatic carbocycles. The number of carbonyl (C=O) groups excluding carboxylic acids is 1. The molecule has 0 unspecified atom stereocenters. The molecule has 2 aliphatic rings. The van der Waals surface area contributed by atoms with Gasteiger partial charge in [-0.15, -0.1) is 0 Å². The number of carbonyl (C=O) groups is 1. The highest BCUT2D eigenvalue weighted by molar-refractivity contribution is 7.90. The van der Waals surface area contributed by atoms with Crippen molar-refractivity contribution < 1.29 is 13.2 Å². The molecule has 1 heterocycles. The molecule has 5 rings (SSSR count). The van der Waals surface area contributed by atoms with Gasteiger partial charge in [-0.05, 0) is 48.4 Å². The molecule has 138 valence electrons. The summed E-state index contributed by atoms with van der Waals surface area (Å²) in [5.74, 6) is 0.326. The molecule has 0 spiro atoms. The van der Waals surface area contributed by atoms with Crippen molar-refractivity contribution in [3.63, 3.8) is 0 Å². The van der Waals surface area contributed by atoms with Gasteiger partial charge in [-0.3, -0.25) is 4.79 Å². The maximum Gasteiger partial charge on any atom is 0.268 e. The van der Waals surface area contributed by atoms with E-state index in [9.17, 15) is 13.2 Å². The number of ketones is 1. The minimum atomic E-state index is -3.84. The van der Waals surface area contributed by atoms with Crippen molar-refractivity contribution in [2.24, 2.45) is 11.8 Å². The Balaban J connectivity index is 1.85. The van der Waals surface area contributed by atoms with Gasteiger partial charge in [0.15, 0.2) is 5.78 Å². The summed E-state index contributed by atoms with van der Waals surface area (Å²) in [5.41, 5.74) is 1.95. The van der Waals surface area contributed by atoms with Crippen LogP contribution in [0.3, 0.4) is 0 Å². The summed E-state index contributed by atoms with van der Waals surface area (Å²) in [4.78, 5) is 13.6. The van der Waals surface area contributed by atoms with Crippen molar-refractivity contribution in [3.05, 3.63) is 65.9 Å². The number of hydrogen-bond donors (Lipinski definition) is 0. The van der Waals surface area contributed by atoms with Crippen molar-refractivity contribution in [2.45, 2.75) is 37.0 Å². The van der Waals surface area contributed by atoms with Crippen LogP contribution in [0, 0.1) is 11.8 Å². The Hall–Kier alpha value is -2.40. The average Bonchev–Trinajstić information content (AvgIpc) is 3.17. The highest BCUT2D eigenvalue weighted by Crippen LogP contribution is 2.52. The summed E-state index contributed by atoms with van der Waals surface area (Å²) < 4.78 is 28.3. The molecule has 1 aromatic heterocycles. The first-order valence-corrected chi connectivity index (χ1v) is 10.9. The maximum absolute atomic E-state index is 13.5. The predicted octanol–water partition coefficient (Wildman–Crippen LogP) is 4.59. The molecular formula is C22H21NO3S. The monoisotopic (exact) mass is 379 g/mol. The van der Waals surface area contributed by atoms with E-state index in [4.69, 9.17) is 0 Å². The standard InChI is InChI=1S/C22H21NO3S/c1-14-8-7-12-17-19(14)22(24)21-20(17)16-11-5-6-13-18(16)23(21)27(25,26)15-9-3-2-4-10-15/h2-6,9-11,13-14,17,19H,7-8,12H2,1H3/t14-,17+,19-/m0/s1. The van der Waals surface area contributed by atoms with E-state index in [1.54, 1.807) is 30.3 Å². The first-order valence-electron chi connectivity index (χ1n) is 9.50. The predicted molar refractivity (Wildman–Crippen MR) is 105 cm³/mol. The summed E-state index contributed by atoms with van der Waals surface area (Å²) in [6, 6.07) is 15.9. The number of aromatic nitrogens is 1. The quantitative estimate of drug-likeness (QED) is 0.654. The molecule has 27 heavy (non-hydrogen) atoms. The van der Waals surface area contributed by atoms with Crippen molar-refractivity contribution in [1.82, 2.24) is 3.97 Å². The van der Waals surface area contributed by atoms with Gasteiger partial charge in [-0.25, -0.2) is 12.4 Å². The third kappa shape index (κ3) is 2.21. The lowest BCUT2D eigenvalue weighted by Crippen LogP contribution is -2.27. The van der Waals surface area contributed by atoms with Crippen molar-refractivity contribution in [1.29, 1.82) is 0 Å². The van der Waals surface area contributed by atoms with Crippen LogP contribution in [0.4, 0.5) is 0 Å². The Kier molecular flexibility index (Phi) is 3.60. The molecule has 0 radical (unpaired) electrons. The molecule has 4 nitrogen and oxygen atoms in total. The highest BCUT2D eigenvalue weighted by Gasteiger charge is 2.49. The van der Waals surface area contributed by atoms with Crippen LogP contribution >= 0.6 is 0 Å². The second-order valence-corrected chi connectivity index (χ2v) is 9.55. The summed E-state index contributed by atoms with van der Waals surface area (Å²) in [6.07, 6.45) is 3.06. The zero-order chi connectivity index (χ0) is 18.8. The Morgan fingerprint density at radius 1 is 0.963 bits per heavy atom. The first kappa shape index (κ1) is 16.8. The van der Waals surface area contributed by atoms with Crippen molar-refractivity contribution >= 4 is 26.7 Å². The summed E-state index contributed by atoms with van der Waals surface area (Å²) in [5, 5.41) is 0.905. The van der Waals surface area contributed by atoms with Gasteiger partial charge in [-0.1, -0.05) is 49.7 Å². The molecule has 0 amide bonds. The maximum atomic E-state index is 13.5. The fourth-order valence-electron chi connectivity index (χ4n) is 5.13. The molecule has 1 saturated carbocycles. The minimum Gasteiger partial charge on any atom is -0.292 e. The van der Waals surface area contributed by atoms with Gasteiger partial charge in [0.2, 0.25) is 0 Å². The van der Waals surface area contributed by atoms with Crippen molar-refractivity contribution in [3.8, 4) is 0 Å². The third-order valence-corrected chi connectivity index (χ3v) is 8.01. The number of para-hydroxylation sites is 1. The molecule has 3 aromatic rings. The van der Waals surface area contributed by atoms with Crippen LogP contribution in [-0.4, -0.2) is 18.2 Å². The lowest BCUT2D eigenvalue weighted by Gasteiger charge is -2.30. The van der Waals surface area contributed by atoms with E-state index in [1.165, 1.54) is 3.97 Å². The second-order valence-electron chi connectivity index (χ2n) is 7.77.